The summed E-state index contributed by atoms with van der Waals surface area (Å²) in [6.45, 7) is 2.01. The van der Waals surface area contributed by atoms with Crippen molar-refractivity contribution in [2.24, 2.45) is 0 Å². The number of nitrogens with one attached hydrogen (secondary N) is 3. The molecule has 0 bridgehead atoms. The summed E-state index contributed by atoms with van der Waals surface area (Å²) in [7, 11) is 0. The van der Waals surface area contributed by atoms with Crippen LogP contribution in [0, 0.1) is 0 Å². The van der Waals surface area contributed by atoms with Crippen molar-refractivity contribution in [3.63, 3.8) is 0 Å². The maximum Gasteiger partial charge on any atom is 0.238 e. The quantitative estimate of drug-likeness (QED) is 0.584. The SMILES string of the molecule is C[C@H](NC(=S)NNC(=O)CCc1ccccc1)c1ccccc1. The Kier molecular flexibility index (Phi) is 6.56. The van der Waals surface area contributed by atoms with Crippen LogP contribution in [0.4, 0.5) is 0 Å². The Bertz CT molecular complexity index is 631. The lowest BCUT2D eigenvalue weighted by Crippen LogP contribution is -2.47. The molecule has 0 fully saturated rings. The van der Waals surface area contributed by atoms with Crippen LogP contribution in [-0.4, -0.2) is 11.0 Å². The second-order valence-corrected chi connectivity index (χ2v) is 5.67. The van der Waals surface area contributed by atoms with Crippen molar-refractivity contribution >= 4 is 23.2 Å². The Hall–Kier alpha value is -2.40. The van der Waals surface area contributed by atoms with Gasteiger partial charge in [0, 0.05) is 6.42 Å². The number of aryl methyl sites for hydroxylation is 1. The van der Waals surface area contributed by atoms with Crippen LogP contribution in [-0.2, 0) is 11.2 Å². The number of hydrazine groups is 1. The summed E-state index contributed by atoms with van der Waals surface area (Å²) in [6.07, 6.45) is 1.11. The van der Waals surface area contributed by atoms with E-state index in [0.29, 0.717) is 18.0 Å². The molecule has 0 radical (unpaired) electrons. The summed E-state index contributed by atoms with van der Waals surface area (Å²) in [4.78, 5) is 11.8. The van der Waals surface area contributed by atoms with Crippen LogP contribution in [0.3, 0.4) is 0 Å². The zero-order valence-electron chi connectivity index (χ0n) is 13.1. The molecule has 2 aromatic carbocycles. The summed E-state index contributed by atoms with van der Waals surface area (Å²) in [5.41, 5.74) is 7.63. The van der Waals surface area contributed by atoms with Gasteiger partial charge in [-0.15, -0.1) is 0 Å². The molecule has 3 N–H and O–H groups in total. The Balaban J connectivity index is 1.68. The van der Waals surface area contributed by atoms with Gasteiger partial charge in [0.1, 0.15) is 0 Å². The zero-order valence-corrected chi connectivity index (χ0v) is 13.9. The van der Waals surface area contributed by atoms with Gasteiger partial charge in [0.2, 0.25) is 5.91 Å². The number of thiocarbonyl (C=S) groups is 1. The van der Waals surface area contributed by atoms with Crippen molar-refractivity contribution < 1.29 is 4.79 Å². The molecule has 1 atom stereocenters. The maximum absolute atomic E-state index is 11.8. The van der Waals surface area contributed by atoms with E-state index in [1.807, 2.05) is 67.6 Å². The second-order valence-electron chi connectivity index (χ2n) is 5.26. The van der Waals surface area contributed by atoms with Crippen molar-refractivity contribution in [1.82, 2.24) is 16.2 Å². The molecule has 0 aromatic heterocycles. The first kappa shape index (κ1) is 17.0. The van der Waals surface area contributed by atoms with E-state index in [2.05, 4.69) is 16.2 Å². The summed E-state index contributed by atoms with van der Waals surface area (Å²) < 4.78 is 0. The normalized spacial score (nSPS) is 11.3. The van der Waals surface area contributed by atoms with Crippen LogP contribution in [0.15, 0.2) is 60.7 Å². The summed E-state index contributed by atoms with van der Waals surface area (Å²) in [6, 6.07) is 20.0. The Morgan fingerprint density at radius 3 is 2.26 bits per heavy atom. The molecule has 2 rings (SSSR count). The first-order valence-electron chi connectivity index (χ1n) is 7.59. The molecule has 0 saturated carbocycles. The molecule has 2 aromatic rings. The van der Waals surface area contributed by atoms with Crippen LogP contribution < -0.4 is 16.2 Å². The van der Waals surface area contributed by atoms with Crippen molar-refractivity contribution in [1.29, 1.82) is 0 Å². The van der Waals surface area contributed by atoms with E-state index in [4.69, 9.17) is 12.2 Å². The van der Waals surface area contributed by atoms with Crippen LogP contribution in [0.5, 0.6) is 0 Å². The lowest BCUT2D eigenvalue weighted by molar-refractivity contribution is -0.121. The molecule has 1 amide bonds. The van der Waals surface area contributed by atoms with Crippen molar-refractivity contribution in [2.45, 2.75) is 25.8 Å². The lowest BCUT2D eigenvalue weighted by Gasteiger charge is -2.17. The molecule has 23 heavy (non-hydrogen) atoms. The summed E-state index contributed by atoms with van der Waals surface area (Å²) in [5, 5.41) is 3.53. The maximum atomic E-state index is 11.8. The molecule has 0 heterocycles. The topological polar surface area (TPSA) is 53.2 Å². The average Bonchev–Trinajstić information content (AvgIpc) is 2.60. The number of hydrogen-bond acceptors (Lipinski definition) is 2. The highest BCUT2D eigenvalue weighted by Gasteiger charge is 2.07. The van der Waals surface area contributed by atoms with Gasteiger partial charge in [-0.1, -0.05) is 60.7 Å². The first-order chi connectivity index (χ1) is 11.1. The fourth-order valence-corrected chi connectivity index (χ4v) is 2.38. The van der Waals surface area contributed by atoms with E-state index in [1.165, 1.54) is 0 Å². The van der Waals surface area contributed by atoms with Gasteiger partial charge in [0.15, 0.2) is 5.11 Å². The Labute approximate surface area is 142 Å². The number of amides is 1. The van der Waals surface area contributed by atoms with E-state index >= 15 is 0 Å². The average molecular weight is 327 g/mol. The minimum atomic E-state index is -0.0923. The minimum Gasteiger partial charge on any atom is -0.355 e. The number of carbonyl (C=O) groups is 1. The molecule has 0 spiro atoms. The van der Waals surface area contributed by atoms with Crippen molar-refractivity contribution in [3.05, 3.63) is 71.8 Å². The minimum absolute atomic E-state index is 0.0671. The molecular formula is C18H21N3OS. The molecule has 0 aliphatic heterocycles. The van der Waals surface area contributed by atoms with Crippen molar-refractivity contribution in [3.8, 4) is 0 Å². The van der Waals surface area contributed by atoms with Gasteiger partial charge in [0.05, 0.1) is 6.04 Å². The van der Waals surface area contributed by atoms with E-state index < -0.39 is 0 Å². The second kappa shape index (κ2) is 8.90. The van der Waals surface area contributed by atoms with Gasteiger partial charge >= 0.3 is 0 Å². The van der Waals surface area contributed by atoms with Gasteiger partial charge in [-0.25, -0.2) is 0 Å². The van der Waals surface area contributed by atoms with E-state index in [0.717, 1.165) is 11.1 Å². The van der Waals surface area contributed by atoms with Gasteiger partial charge in [0.25, 0.3) is 0 Å². The monoisotopic (exact) mass is 327 g/mol. The van der Waals surface area contributed by atoms with Crippen molar-refractivity contribution in [2.75, 3.05) is 0 Å². The van der Waals surface area contributed by atoms with Gasteiger partial charge in [-0.3, -0.25) is 15.6 Å². The Morgan fingerprint density at radius 2 is 1.61 bits per heavy atom. The standard InChI is InChI=1S/C18H21N3OS/c1-14(16-10-6-3-7-11-16)19-18(23)21-20-17(22)13-12-15-8-4-2-5-9-15/h2-11,14H,12-13H2,1H3,(H,20,22)(H2,19,21,23)/t14-/m0/s1. The molecule has 4 nitrogen and oxygen atoms in total. The fraction of sp³-hybridized carbons (Fsp3) is 0.222. The lowest BCUT2D eigenvalue weighted by atomic mass is 10.1. The van der Waals surface area contributed by atoms with Gasteiger partial charge < -0.3 is 5.32 Å². The first-order valence-corrected chi connectivity index (χ1v) is 8.00. The molecular weight excluding hydrogens is 306 g/mol. The number of hydrogen-bond donors (Lipinski definition) is 3. The highest BCUT2D eigenvalue weighted by molar-refractivity contribution is 7.80. The highest BCUT2D eigenvalue weighted by Crippen LogP contribution is 2.10. The van der Waals surface area contributed by atoms with E-state index in [9.17, 15) is 4.79 Å². The number of rotatable bonds is 5. The summed E-state index contributed by atoms with van der Waals surface area (Å²) in [5.74, 6) is -0.0923. The smallest absolute Gasteiger partial charge is 0.238 e. The zero-order chi connectivity index (χ0) is 16.5. The van der Waals surface area contributed by atoms with Crippen LogP contribution in [0.25, 0.3) is 0 Å². The van der Waals surface area contributed by atoms with Gasteiger partial charge in [-0.05, 0) is 36.7 Å². The largest absolute Gasteiger partial charge is 0.355 e. The predicted molar refractivity (Wildman–Crippen MR) is 96.6 cm³/mol. The third kappa shape index (κ3) is 6.08. The molecule has 0 aliphatic rings. The van der Waals surface area contributed by atoms with Crippen LogP contribution in [0.2, 0.25) is 0 Å². The van der Waals surface area contributed by atoms with Crippen LogP contribution >= 0.6 is 12.2 Å². The molecule has 0 unspecified atom stereocenters. The predicted octanol–water partition coefficient (Wildman–Crippen LogP) is 2.88. The molecule has 120 valence electrons. The highest BCUT2D eigenvalue weighted by atomic mass is 32.1. The Morgan fingerprint density at radius 1 is 1.00 bits per heavy atom. The summed E-state index contributed by atoms with van der Waals surface area (Å²) >= 11 is 5.19. The van der Waals surface area contributed by atoms with Gasteiger partial charge in [-0.2, -0.15) is 0 Å². The van der Waals surface area contributed by atoms with E-state index in [-0.39, 0.29) is 11.9 Å². The third-order valence-electron chi connectivity index (χ3n) is 3.45. The molecule has 0 saturated heterocycles. The van der Waals surface area contributed by atoms with Crippen LogP contribution in [0.1, 0.15) is 30.5 Å². The fourth-order valence-electron chi connectivity index (χ4n) is 2.15. The van der Waals surface area contributed by atoms with E-state index in [1.54, 1.807) is 0 Å². The molecule has 0 aliphatic carbocycles. The molecule has 5 heteroatoms. The number of benzene rings is 2. The number of carbonyl (C=O) groups excluding carboxylic acids is 1. The third-order valence-corrected chi connectivity index (χ3v) is 3.67.